The van der Waals surface area contributed by atoms with E-state index >= 15 is 0 Å². The predicted molar refractivity (Wildman–Crippen MR) is 86.7 cm³/mol. The Morgan fingerprint density at radius 1 is 1.46 bits per heavy atom. The maximum absolute atomic E-state index is 12.0. The fraction of sp³-hybridized carbons (Fsp3) is 0.529. The monoisotopic (exact) mass is 336 g/mol. The lowest BCUT2D eigenvalue weighted by molar-refractivity contribution is -0.108. The van der Waals surface area contributed by atoms with Gasteiger partial charge in [0.2, 0.25) is 0 Å². The van der Waals surface area contributed by atoms with Crippen LogP contribution >= 0.6 is 0 Å². The van der Waals surface area contributed by atoms with Crippen molar-refractivity contribution in [2.75, 3.05) is 6.61 Å². The van der Waals surface area contributed by atoms with Crippen molar-refractivity contribution in [3.8, 4) is 0 Å². The van der Waals surface area contributed by atoms with Crippen LogP contribution in [0.1, 0.15) is 25.8 Å². The molecule has 1 aliphatic heterocycles. The lowest BCUT2D eigenvalue weighted by Crippen LogP contribution is -2.51. The van der Waals surface area contributed by atoms with Crippen molar-refractivity contribution in [3.63, 3.8) is 0 Å². The summed E-state index contributed by atoms with van der Waals surface area (Å²) in [6.45, 7) is 3.72. The summed E-state index contributed by atoms with van der Waals surface area (Å²) in [6, 6.07) is 9.24. The Morgan fingerprint density at radius 2 is 2.17 bits per heavy atom. The molecule has 0 radical (unpaired) electrons. The minimum atomic E-state index is -1.01. The van der Waals surface area contributed by atoms with E-state index in [-0.39, 0.29) is 12.5 Å². The molecule has 2 N–H and O–H groups in total. The van der Waals surface area contributed by atoms with E-state index in [1.54, 1.807) is 11.9 Å². The zero-order valence-corrected chi connectivity index (χ0v) is 13.9. The maximum atomic E-state index is 12.0. The van der Waals surface area contributed by atoms with Crippen molar-refractivity contribution in [1.29, 1.82) is 0 Å². The number of rotatable bonds is 7. The minimum Gasteiger partial charge on any atom is -0.448 e. The predicted octanol–water partition coefficient (Wildman–Crippen LogP) is 1.46. The van der Waals surface area contributed by atoms with E-state index in [0.717, 1.165) is 11.8 Å². The van der Waals surface area contributed by atoms with Crippen LogP contribution in [0.15, 0.2) is 30.3 Å². The molecule has 2 rings (SSSR count). The number of hydrazine groups is 1. The van der Waals surface area contributed by atoms with Crippen molar-refractivity contribution >= 4 is 12.4 Å². The second-order valence-corrected chi connectivity index (χ2v) is 6.01. The van der Waals surface area contributed by atoms with Gasteiger partial charge >= 0.3 is 6.09 Å². The summed E-state index contributed by atoms with van der Waals surface area (Å²) >= 11 is 0. The van der Waals surface area contributed by atoms with Crippen LogP contribution in [0.25, 0.3) is 0 Å². The number of hydrogen-bond donors (Lipinski definition) is 2. The normalized spacial score (nSPS) is 25.2. The number of carbonyl (C=O) groups is 2. The van der Waals surface area contributed by atoms with Gasteiger partial charge in [-0.15, -0.1) is 0 Å². The van der Waals surface area contributed by atoms with E-state index in [1.165, 1.54) is 0 Å². The molecular weight excluding hydrogens is 312 g/mol. The van der Waals surface area contributed by atoms with Crippen molar-refractivity contribution < 1.29 is 24.2 Å². The first-order valence-corrected chi connectivity index (χ1v) is 8.04. The number of amides is 1. The molecule has 1 heterocycles. The number of nitrogens with one attached hydrogen (secondary N) is 1. The molecule has 24 heavy (non-hydrogen) atoms. The van der Waals surface area contributed by atoms with Crippen LogP contribution in [0.5, 0.6) is 0 Å². The van der Waals surface area contributed by atoms with Gasteiger partial charge in [0.25, 0.3) is 0 Å². The van der Waals surface area contributed by atoms with Gasteiger partial charge in [-0.2, -0.15) is 5.01 Å². The standard InChI is InChI=1S/C17H24N2O5/c1-12(8-9-20)11-23-17(22)18-19-13(2)24-16(21)15(19)10-14-6-4-3-5-7-14/h3-7,9,12-13,15-16,21H,8,10-11H2,1-2H3,(H,18,22). The molecule has 4 atom stereocenters. The lowest BCUT2D eigenvalue weighted by Gasteiger charge is -2.26. The third-order valence-electron chi connectivity index (χ3n) is 3.92. The van der Waals surface area contributed by atoms with Gasteiger partial charge in [0.15, 0.2) is 6.29 Å². The van der Waals surface area contributed by atoms with Gasteiger partial charge in [-0.3, -0.25) is 5.43 Å². The summed E-state index contributed by atoms with van der Waals surface area (Å²) in [4.78, 5) is 22.4. The number of aliphatic hydroxyl groups is 1. The summed E-state index contributed by atoms with van der Waals surface area (Å²) in [5, 5.41) is 11.7. The molecule has 0 spiro atoms. The number of aliphatic hydroxyl groups excluding tert-OH is 1. The van der Waals surface area contributed by atoms with Crippen LogP contribution in [0.3, 0.4) is 0 Å². The van der Waals surface area contributed by atoms with E-state index < -0.39 is 24.7 Å². The van der Waals surface area contributed by atoms with Gasteiger partial charge in [-0.05, 0) is 24.8 Å². The van der Waals surface area contributed by atoms with E-state index in [1.807, 2.05) is 37.3 Å². The van der Waals surface area contributed by atoms with Crippen LogP contribution in [-0.2, 0) is 20.7 Å². The SMILES string of the molecule is CC(CC=O)COC(=O)NN1C(C)OC(O)C1Cc1ccccc1. The largest absolute Gasteiger partial charge is 0.448 e. The fourth-order valence-corrected chi connectivity index (χ4v) is 2.58. The van der Waals surface area contributed by atoms with Gasteiger partial charge in [0.05, 0.1) is 12.6 Å². The number of hydrogen-bond acceptors (Lipinski definition) is 6. The average molecular weight is 336 g/mol. The molecule has 1 fully saturated rings. The number of ether oxygens (including phenoxy) is 2. The summed E-state index contributed by atoms with van der Waals surface area (Å²) in [6.07, 6.45) is -0.451. The molecule has 1 aliphatic rings. The van der Waals surface area contributed by atoms with Gasteiger partial charge in [-0.1, -0.05) is 37.3 Å². The van der Waals surface area contributed by atoms with Crippen LogP contribution < -0.4 is 5.43 Å². The molecule has 0 aromatic heterocycles. The topological polar surface area (TPSA) is 88.1 Å². The van der Waals surface area contributed by atoms with Gasteiger partial charge in [0.1, 0.15) is 12.5 Å². The molecular formula is C17H24N2O5. The number of carbonyl (C=O) groups excluding carboxylic acids is 2. The number of aldehydes is 1. The first-order chi connectivity index (χ1) is 11.5. The molecule has 1 aromatic rings. The number of benzene rings is 1. The smallest absolute Gasteiger partial charge is 0.421 e. The van der Waals surface area contributed by atoms with Crippen molar-refractivity contribution in [3.05, 3.63) is 35.9 Å². The zero-order chi connectivity index (χ0) is 17.5. The van der Waals surface area contributed by atoms with E-state index in [9.17, 15) is 14.7 Å². The Hall–Kier alpha value is -1.96. The highest BCUT2D eigenvalue weighted by Crippen LogP contribution is 2.23. The molecule has 132 valence electrons. The first-order valence-electron chi connectivity index (χ1n) is 8.04. The van der Waals surface area contributed by atoms with Gasteiger partial charge in [0, 0.05) is 6.42 Å². The van der Waals surface area contributed by atoms with Crippen LogP contribution in [0.4, 0.5) is 4.79 Å². The first kappa shape index (κ1) is 18.4. The third kappa shape index (κ3) is 5.02. The zero-order valence-electron chi connectivity index (χ0n) is 13.9. The summed E-state index contributed by atoms with van der Waals surface area (Å²) in [5.74, 6) is -0.0359. The van der Waals surface area contributed by atoms with E-state index in [4.69, 9.17) is 9.47 Å². The van der Waals surface area contributed by atoms with Crippen molar-refractivity contribution in [1.82, 2.24) is 10.4 Å². The Morgan fingerprint density at radius 3 is 2.83 bits per heavy atom. The summed E-state index contributed by atoms with van der Waals surface area (Å²) < 4.78 is 10.5. The van der Waals surface area contributed by atoms with E-state index in [2.05, 4.69) is 5.43 Å². The highest BCUT2D eigenvalue weighted by molar-refractivity contribution is 5.66. The molecule has 4 unspecified atom stereocenters. The molecule has 0 aliphatic carbocycles. The summed E-state index contributed by atoms with van der Waals surface area (Å²) in [7, 11) is 0. The summed E-state index contributed by atoms with van der Waals surface area (Å²) in [5.41, 5.74) is 3.65. The Labute approximate surface area is 141 Å². The second kappa shape index (κ2) is 8.77. The Balaban J connectivity index is 1.93. The quantitative estimate of drug-likeness (QED) is 0.733. The van der Waals surface area contributed by atoms with Crippen molar-refractivity contribution in [2.24, 2.45) is 5.92 Å². The molecule has 1 aromatic carbocycles. The van der Waals surface area contributed by atoms with E-state index in [0.29, 0.717) is 12.8 Å². The molecule has 1 saturated heterocycles. The lowest BCUT2D eigenvalue weighted by atomic mass is 10.1. The molecule has 1 amide bonds. The van der Waals surface area contributed by atoms with Crippen molar-refractivity contribution in [2.45, 2.75) is 45.2 Å². The molecule has 0 bridgehead atoms. The molecule has 7 heteroatoms. The van der Waals surface area contributed by atoms with Gasteiger partial charge < -0.3 is 19.4 Å². The highest BCUT2D eigenvalue weighted by Gasteiger charge is 2.40. The fourth-order valence-electron chi connectivity index (χ4n) is 2.58. The average Bonchev–Trinajstić information content (AvgIpc) is 2.81. The highest BCUT2D eigenvalue weighted by atomic mass is 16.6. The van der Waals surface area contributed by atoms with Crippen LogP contribution in [-0.4, -0.2) is 47.7 Å². The van der Waals surface area contributed by atoms with Crippen LogP contribution in [0.2, 0.25) is 0 Å². The molecule has 0 saturated carbocycles. The maximum Gasteiger partial charge on any atom is 0.421 e. The second-order valence-electron chi connectivity index (χ2n) is 6.01. The third-order valence-corrected chi connectivity index (χ3v) is 3.92. The number of nitrogens with zero attached hydrogens (tertiary/aromatic N) is 1. The molecule has 7 nitrogen and oxygen atoms in total. The Bertz CT molecular complexity index is 539. The van der Waals surface area contributed by atoms with Gasteiger partial charge in [-0.25, -0.2) is 4.79 Å². The Kier molecular flexibility index (Phi) is 6.72. The van der Waals surface area contributed by atoms with Crippen LogP contribution in [0, 0.1) is 5.92 Å². The minimum absolute atomic E-state index is 0.0359.